The molecule has 0 atom stereocenters. The van der Waals surface area contributed by atoms with E-state index in [0.29, 0.717) is 10.9 Å². The molecule has 0 saturated carbocycles. The minimum atomic E-state index is -1.10. The highest BCUT2D eigenvalue weighted by atomic mass is 35.5. The van der Waals surface area contributed by atoms with Gasteiger partial charge in [0, 0.05) is 5.39 Å². The molecule has 0 radical (unpaired) electrons. The van der Waals surface area contributed by atoms with Crippen molar-refractivity contribution in [1.29, 1.82) is 0 Å². The van der Waals surface area contributed by atoms with Crippen molar-refractivity contribution in [3.63, 3.8) is 0 Å². The number of carbonyl (C=O) groups is 1. The number of hydrogen-bond acceptors (Lipinski definition) is 1. The van der Waals surface area contributed by atoms with E-state index in [0.717, 1.165) is 0 Å². The molecule has 0 aliphatic rings. The van der Waals surface area contributed by atoms with Gasteiger partial charge < -0.3 is 9.67 Å². The fraction of sp³-hybridized carbons (Fsp3) is 0.182. The van der Waals surface area contributed by atoms with Crippen molar-refractivity contribution in [2.75, 3.05) is 6.67 Å². The minimum absolute atomic E-state index is 0.0331. The van der Waals surface area contributed by atoms with E-state index in [-0.39, 0.29) is 17.3 Å². The lowest BCUT2D eigenvalue weighted by atomic mass is 10.2. The first-order valence-corrected chi connectivity index (χ1v) is 5.10. The maximum Gasteiger partial charge on any atom is 0.339 e. The predicted molar refractivity (Wildman–Crippen MR) is 59.9 cm³/mol. The molecule has 0 saturated heterocycles. The fourth-order valence-corrected chi connectivity index (χ4v) is 2.14. The van der Waals surface area contributed by atoms with Gasteiger partial charge in [-0.3, -0.25) is 0 Å². The zero-order valence-corrected chi connectivity index (χ0v) is 9.04. The highest BCUT2D eigenvalue weighted by molar-refractivity contribution is 6.35. The highest BCUT2D eigenvalue weighted by Gasteiger charge is 2.20. The van der Waals surface area contributed by atoms with Crippen molar-refractivity contribution in [2.24, 2.45) is 0 Å². The molecule has 2 rings (SSSR count). The first kappa shape index (κ1) is 11.0. The molecule has 2 aromatic rings. The van der Waals surface area contributed by atoms with Crippen LogP contribution in [-0.4, -0.2) is 22.3 Å². The van der Waals surface area contributed by atoms with Gasteiger partial charge in [0.05, 0.1) is 12.1 Å². The number of nitrogens with zero attached hydrogens (tertiary/aromatic N) is 1. The number of aromatic carboxylic acids is 1. The molecule has 1 aromatic heterocycles. The Morgan fingerprint density at radius 3 is 2.75 bits per heavy atom. The zero-order chi connectivity index (χ0) is 11.7. The molecule has 3 nitrogen and oxygen atoms in total. The van der Waals surface area contributed by atoms with Crippen LogP contribution < -0.4 is 0 Å². The number of carboxylic acid groups (broad SMARTS) is 1. The number of carboxylic acids is 1. The van der Waals surface area contributed by atoms with Gasteiger partial charge in [-0.05, 0) is 6.07 Å². The van der Waals surface area contributed by atoms with Crippen LogP contribution in [0.5, 0.6) is 0 Å². The van der Waals surface area contributed by atoms with Crippen LogP contribution in [0, 0.1) is 0 Å². The number of rotatable bonds is 3. The maximum absolute atomic E-state index is 12.4. The Bertz CT molecular complexity index is 550. The molecule has 0 amide bonds. The Morgan fingerprint density at radius 1 is 1.44 bits per heavy atom. The number of benzene rings is 1. The average Bonchev–Trinajstić information content (AvgIpc) is 2.53. The SMILES string of the molecule is O=C(O)c1c(Cl)n(CCF)c2ccccc12. The molecule has 1 aromatic carbocycles. The van der Waals surface area contributed by atoms with Crippen molar-refractivity contribution < 1.29 is 14.3 Å². The Morgan fingerprint density at radius 2 is 2.12 bits per heavy atom. The molecule has 0 aliphatic carbocycles. The monoisotopic (exact) mass is 241 g/mol. The lowest BCUT2D eigenvalue weighted by Gasteiger charge is -2.02. The smallest absolute Gasteiger partial charge is 0.339 e. The number of alkyl halides is 1. The van der Waals surface area contributed by atoms with Crippen molar-refractivity contribution in [1.82, 2.24) is 4.57 Å². The molecule has 0 unspecified atom stereocenters. The van der Waals surface area contributed by atoms with Crippen LogP contribution in [0.25, 0.3) is 10.9 Å². The van der Waals surface area contributed by atoms with Crippen LogP contribution in [0.1, 0.15) is 10.4 Å². The van der Waals surface area contributed by atoms with Gasteiger partial charge in [-0.1, -0.05) is 29.8 Å². The first-order chi connectivity index (χ1) is 7.66. The summed E-state index contributed by atoms with van der Waals surface area (Å²) in [5.41, 5.74) is 0.674. The molecule has 16 heavy (non-hydrogen) atoms. The van der Waals surface area contributed by atoms with Gasteiger partial charge in [0.15, 0.2) is 0 Å². The standard InChI is InChI=1S/C11H9ClFNO2/c12-10-9(11(15)16)7-3-1-2-4-8(7)14(10)6-5-13/h1-4H,5-6H2,(H,15,16). The summed E-state index contributed by atoms with van der Waals surface area (Å²) >= 11 is 5.94. The van der Waals surface area contributed by atoms with E-state index in [9.17, 15) is 9.18 Å². The fourth-order valence-electron chi connectivity index (χ4n) is 1.78. The van der Waals surface area contributed by atoms with Crippen LogP contribution in [0.4, 0.5) is 4.39 Å². The van der Waals surface area contributed by atoms with E-state index < -0.39 is 12.6 Å². The molecule has 0 spiro atoms. The minimum Gasteiger partial charge on any atom is -0.478 e. The molecular weight excluding hydrogens is 233 g/mol. The summed E-state index contributed by atoms with van der Waals surface area (Å²) in [4.78, 5) is 11.1. The Kier molecular flexibility index (Phi) is 2.83. The quantitative estimate of drug-likeness (QED) is 0.898. The Balaban J connectivity index is 2.80. The lowest BCUT2D eigenvalue weighted by Crippen LogP contribution is -2.01. The average molecular weight is 242 g/mol. The number of para-hydroxylation sites is 1. The summed E-state index contributed by atoms with van der Waals surface area (Å²) in [6, 6.07) is 6.88. The van der Waals surface area contributed by atoms with Crippen molar-refractivity contribution in [3.05, 3.63) is 35.0 Å². The third-order valence-electron chi connectivity index (χ3n) is 2.43. The maximum atomic E-state index is 12.4. The van der Waals surface area contributed by atoms with Crippen LogP contribution in [0.15, 0.2) is 24.3 Å². The van der Waals surface area contributed by atoms with Gasteiger partial charge in [0.2, 0.25) is 0 Å². The molecule has 5 heteroatoms. The van der Waals surface area contributed by atoms with E-state index in [2.05, 4.69) is 0 Å². The van der Waals surface area contributed by atoms with Crippen LogP contribution >= 0.6 is 11.6 Å². The summed E-state index contributed by atoms with van der Waals surface area (Å²) in [6.07, 6.45) is 0. The summed E-state index contributed by atoms with van der Waals surface area (Å²) in [5, 5.41) is 9.66. The van der Waals surface area contributed by atoms with Gasteiger partial charge >= 0.3 is 5.97 Å². The van der Waals surface area contributed by atoms with Crippen LogP contribution in [0.2, 0.25) is 5.15 Å². The molecule has 0 bridgehead atoms. The summed E-state index contributed by atoms with van der Waals surface area (Å²) < 4.78 is 13.8. The summed E-state index contributed by atoms with van der Waals surface area (Å²) in [7, 11) is 0. The summed E-state index contributed by atoms with van der Waals surface area (Å²) in [6.45, 7) is -0.524. The number of aryl methyl sites for hydroxylation is 1. The van der Waals surface area contributed by atoms with Gasteiger partial charge in [0.1, 0.15) is 17.4 Å². The van der Waals surface area contributed by atoms with Crippen molar-refractivity contribution >= 4 is 28.5 Å². The van der Waals surface area contributed by atoms with Gasteiger partial charge in [-0.15, -0.1) is 0 Å². The van der Waals surface area contributed by atoms with E-state index in [1.54, 1.807) is 24.3 Å². The molecular formula is C11H9ClFNO2. The number of halogens is 2. The predicted octanol–water partition coefficient (Wildman–Crippen LogP) is 2.96. The van der Waals surface area contributed by atoms with E-state index in [1.165, 1.54) is 4.57 Å². The molecule has 0 fully saturated rings. The number of hydrogen-bond donors (Lipinski definition) is 1. The van der Waals surface area contributed by atoms with Crippen molar-refractivity contribution in [2.45, 2.75) is 6.54 Å². The first-order valence-electron chi connectivity index (χ1n) is 4.72. The number of fused-ring (bicyclic) bond motifs is 1. The molecule has 0 aliphatic heterocycles. The second-order valence-electron chi connectivity index (χ2n) is 3.33. The number of aromatic nitrogens is 1. The van der Waals surface area contributed by atoms with Crippen LogP contribution in [-0.2, 0) is 6.54 Å². The largest absolute Gasteiger partial charge is 0.478 e. The Labute approximate surface area is 96.1 Å². The van der Waals surface area contributed by atoms with Gasteiger partial charge in [0.25, 0.3) is 0 Å². The zero-order valence-electron chi connectivity index (χ0n) is 8.28. The topological polar surface area (TPSA) is 42.2 Å². The third kappa shape index (κ3) is 1.55. The van der Waals surface area contributed by atoms with E-state index in [4.69, 9.17) is 16.7 Å². The second-order valence-corrected chi connectivity index (χ2v) is 3.69. The van der Waals surface area contributed by atoms with Crippen molar-refractivity contribution in [3.8, 4) is 0 Å². The normalized spacial score (nSPS) is 10.9. The lowest BCUT2D eigenvalue weighted by molar-refractivity contribution is 0.0699. The molecule has 1 heterocycles. The Hall–Kier alpha value is -1.55. The third-order valence-corrected chi connectivity index (χ3v) is 2.82. The van der Waals surface area contributed by atoms with Gasteiger partial charge in [-0.25, -0.2) is 9.18 Å². The van der Waals surface area contributed by atoms with E-state index >= 15 is 0 Å². The second kappa shape index (κ2) is 4.14. The molecule has 1 N–H and O–H groups in total. The molecule has 84 valence electrons. The highest BCUT2D eigenvalue weighted by Crippen LogP contribution is 2.29. The van der Waals surface area contributed by atoms with Gasteiger partial charge in [-0.2, -0.15) is 0 Å². The van der Waals surface area contributed by atoms with E-state index in [1.807, 2.05) is 0 Å². The van der Waals surface area contributed by atoms with Crippen LogP contribution in [0.3, 0.4) is 0 Å². The summed E-state index contributed by atoms with van der Waals surface area (Å²) in [5.74, 6) is -1.10.